The molecular weight excluding hydrogens is 270 g/mol. The Labute approximate surface area is 116 Å². The standard InChI is InChI=1S/C12H19NO7/c1-7(14)13-11(5-18-8(2)15)12(20-10(4)17)6-19-9(3)16/h11-12H,5-6H2,1-4H3,(H,13,14)/t11-,12+/m1/s1. The van der Waals surface area contributed by atoms with Gasteiger partial charge in [-0.15, -0.1) is 0 Å². The quantitative estimate of drug-likeness (QED) is 0.499. The molecule has 0 aromatic rings. The van der Waals surface area contributed by atoms with Gasteiger partial charge in [0.25, 0.3) is 0 Å². The Morgan fingerprint density at radius 1 is 0.850 bits per heavy atom. The molecule has 0 saturated heterocycles. The van der Waals surface area contributed by atoms with E-state index in [0.29, 0.717) is 0 Å². The summed E-state index contributed by atoms with van der Waals surface area (Å²) in [5.74, 6) is -2.12. The number of carbonyl (C=O) groups is 4. The van der Waals surface area contributed by atoms with Crippen LogP contribution in [0.15, 0.2) is 0 Å². The Morgan fingerprint density at radius 2 is 1.35 bits per heavy atom. The fourth-order valence-corrected chi connectivity index (χ4v) is 1.36. The van der Waals surface area contributed by atoms with Crippen LogP contribution in [0, 0.1) is 0 Å². The third-order valence-corrected chi connectivity index (χ3v) is 2.07. The van der Waals surface area contributed by atoms with Gasteiger partial charge in [-0.1, -0.05) is 0 Å². The molecule has 0 aromatic heterocycles. The third-order valence-electron chi connectivity index (χ3n) is 2.07. The van der Waals surface area contributed by atoms with Gasteiger partial charge in [0, 0.05) is 27.7 Å². The first-order valence-electron chi connectivity index (χ1n) is 5.93. The Balaban J connectivity index is 4.83. The summed E-state index contributed by atoms with van der Waals surface area (Å²) in [6.45, 7) is 4.39. The number of hydrogen-bond acceptors (Lipinski definition) is 7. The van der Waals surface area contributed by atoms with Crippen LogP contribution in [-0.2, 0) is 33.4 Å². The highest BCUT2D eigenvalue weighted by Gasteiger charge is 2.27. The van der Waals surface area contributed by atoms with Crippen molar-refractivity contribution in [1.29, 1.82) is 0 Å². The summed E-state index contributed by atoms with van der Waals surface area (Å²) in [6.07, 6.45) is -0.945. The predicted molar refractivity (Wildman–Crippen MR) is 66.4 cm³/mol. The Morgan fingerprint density at radius 3 is 1.75 bits per heavy atom. The van der Waals surface area contributed by atoms with E-state index in [-0.39, 0.29) is 13.2 Å². The lowest BCUT2D eigenvalue weighted by atomic mass is 10.1. The highest BCUT2D eigenvalue weighted by molar-refractivity contribution is 5.73. The molecular formula is C12H19NO7. The Kier molecular flexibility index (Phi) is 7.95. The van der Waals surface area contributed by atoms with E-state index in [9.17, 15) is 19.2 Å². The second-order valence-electron chi connectivity index (χ2n) is 4.06. The van der Waals surface area contributed by atoms with Crippen molar-refractivity contribution in [2.75, 3.05) is 13.2 Å². The lowest BCUT2D eigenvalue weighted by Crippen LogP contribution is -2.49. The van der Waals surface area contributed by atoms with Gasteiger partial charge in [-0.25, -0.2) is 0 Å². The van der Waals surface area contributed by atoms with E-state index in [2.05, 4.69) is 5.32 Å². The van der Waals surface area contributed by atoms with Crippen molar-refractivity contribution in [2.45, 2.75) is 39.8 Å². The van der Waals surface area contributed by atoms with Crippen molar-refractivity contribution >= 4 is 23.8 Å². The third kappa shape index (κ3) is 8.90. The Bertz CT molecular complexity index is 344. The van der Waals surface area contributed by atoms with Crippen LogP contribution in [0.3, 0.4) is 0 Å². The summed E-state index contributed by atoms with van der Waals surface area (Å²) in [7, 11) is 0. The van der Waals surface area contributed by atoms with Crippen molar-refractivity contribution in [1.82, 2.24) is 5.32 Å². The first kappa shape index (κ1) is 17.9. The summed E-state index contributed by atoms with van der Waals surface area (Å²) in [6, 6.07) is -0.806. The van der Waals surface area contributed by atoms with Crippen LogP contribution in [0.25, 0.3) is 0 Å². The summed E-state index contributed by atoms with van der Waals surface area (Å²) in [5.41, 5.74) is 0. The largest absolute Gasteiger partial charge is 0.464 e. The first-order chi connectivity index (χ1) is 9.22. The molecule has 8 heteroatoms. The van der Waals surface area contributed by atoms with Crippen LogP contribution in [-0.4, -0.2) is 49.2 Å². The van der Waals surface area contributed by atoms with Crippen LogP contribution >= 0.6 is 0 Å². The van der Waals surface area contributed by atoms with Gasteiger partial charge in [-0.2, -0.15) is 0 Å². The van der Waals surface area contributed by atoms with E-state index in [1.165, 1.54) is 27.7 Å². The maximum atomic E-state index is 11.1. The number of ether oxygens (including phenoxy) is 3. The van der Waals surface area contributed by atoms with Gasteiger partial charge in [-0.3, -0.25) is 19.2 Å². The fraction of sp³-hybridized carbons (Fsp3) is 0.667. The highest BCUT2D eigenvalue weighted by Crippen LogP contribution is 2.04. The molecule has 0 heterocycles. The van der Waals surface area contributed by atoms with Crippen LogP contribution < -0.4 is 5.32 Å². The van der Waals surface area contributed by atoms with E-state index >= 15 is 0 Å². The number of rotatable bonds is 7. The monoisotopic (exact) mass is 289 g/mol. The van der Waals surface area contributed by atoms with Crippen molar-refractivity contribution < 1.29 is 33.4 Å². The molecule has 0 fully saturated rings. The number of nitrogens with one attached hydrogen (secondary N) is 1. The lowest BCUT2D eigenvalue weighted by molar-refractivity contribution is -0.161. The van der Waals surface area contributed by atoms with Gasteiger partial charge < -0.3 is 19.5 Å². The summed E-state index contributed by atoms with van der Waals surface area (Å²) < 4.78 is 14.5. The molecule has 0 aliphatic rings. The van der Waals surface area contributed by atoms with Crippen LogP contribution in [0.2, 0.25) is 0 Å². The van der Waals surface area contributed by atoms with Crippen molar-refractivity contribution in [3.05, 3.63) is 0 Å². The zero-order valence-corrected chi connectivity index (χ0v) is 11.9. The topological polar surface area (TPSA) is 108 Å². The van der Waals surface area contributed by atoms with Gasteiger partial charge >= 0.3 is 17.9 Å². The summed E-state index contributed by atoms with van der Waals surface area (Å²) in [4.78, 5) is 43.8. The van der Waals surface area contributed by atoms with E-state index in [0.717, 1.165) is 0 Å². The molecule has 114 valence electrons. The van der Waals surface area contributed by atoms with Crippen molar-refractivity contribution in [3.8, 4) is 0 Å². The molecule has 20 heavy (non-hydrogen) atoms. The molecule has 8 nitrogen and oxygen atoms in total. The number of hydrogen-bond donors (Lipinski definition) is 1. The van der Waals surface area contributed by atoms with Crippen LogP contribution in [0.5, 0.6) is 0 Å². The average molecular weight is 289 g/mol. The van der Waals surface area contributed by atoms with Gasteiger partial charge in [0.15, 0.2) is 6.10 Å². The van der Waals surface area contributed by atoms with E-state index in [1.807, 2.05) is 0 Å². The molecule has 1 amide bonds. The predicted octanol–water partition coefficient (Wildman–Crippen LogP) is -0.451. The van der Waals surface area contributed by atoms with Gasteiger partial charge in [0.2, 0.25) is 5.91 Å². The zero-order chi connectivity index (χ0) is 15.7. The first-order valence-corrected chi connectivity index (χ1v) is 5.93. The molecule has 0 aromatic carbocycles. The molecule has 0 rings (SSSR count). The number of carbonyl (C=O) groups excluding carboxylic acids is 4. The molecule has 0 saturated carbocycles. The number of esters is 3. The fourth-order valence-electron chi connectivity index (χ4n) is 1.36. The zero-order valence-electron chi connectivity index (χ0n) is 11.9. The van der Waals surface area contributed by atoms with E-state index in [1.54, 1.807) is 0 Å². The summed E-state index contributed by atoms with van der Waals surface area (Å²) in [5, 5.41) is 2.48. The lowest BCUT2D eigenvalue weighted by Gasteiger charge is -2.26. The van der Waals surface area contributed by atoms with E-state index < -0.39 is 36.0 Å². The molecule has 0 aliphatic carbocycles. The van der Waals surface area contributed by atoms with Gasteiger partial charge in [0.05, 0.1) is 0 Å². The second kappa shape index (κ2) is 8.89. The smallest absolute Gasteiger partial charge is 0.303 e. The minimum atomic E-state index is -0.945. The van der Waals surface area contributed by atoms with Gasteiger partial charge in [-0.05, 0) is 0 Å². The Hall–Kier alpha value is -2.12. The minimum Gasteiger partial charge on any atom is -0.464 e. The maximum absolute atomic E-state index is 11.1. The minimum absolute atomic E-state index is 0.200. The second-order valence-corrected chi connectivity index (χ2v) is 4.06. The molecule has 0 radical (unpaired) electrons. The summed E-state index contributed by atoms with van der Waals surface area (Å²) >= 11 is 0. The SMILES string of the molecule is CC(=O)N[C@H](COC(C)=O)[C@H](COC(C)=O)OC(C)=O. The molecule has 2 atom stereocenters. The van der Waals surface area contributed by atoms with Crippen molar-refractivity contribution in [3.63, 3.8) is 0 Å². The van der Waals surface area contributed by atoms with Crippen LogP contribution in [0.4, 0.5) is 0 Å². The number of amides is 1. The molecule has 0 spiro atoms. The molecule has 1 N–H and O–H groups in total. The molecule has 0 bridgehead atoms. The maximum Gasteiger partial charge on any atom is 0.303 e. The normalized spacial score (nSPS) is 12.8. The van der Waals surface area contributed by atoms with Crippen molar-refractivity contribution in [2.24, 2.45) is 0 Å². The average Bonchev–Trinajstić information content (AvgIpc) is 2.28. The van der Waals surface area contributed by atoms with E-state index in [4.69, 9.17) is 14.2 Å². The molecule has 0 unspecified atom stereocenters. The highest BCUT2D eigenvalue weighted by atomic mass is 16.6. The molecule has 0 aliphatic heterocycles. The van der Waals surface area contributed by atoms with Crippen LogP contribution in [0.1, 0.15) is 27.7 Å². The van der Waals surface area contributed by atoms with Gasteiger partial charge in [0.1, 0.15) is 19.3 Å².